The molecule has 1 fully saturated rings. The third kappa shape index (κ3) is 5.37. The highest BCUT2D eigenvalue weighted by atomic mass is 32.2. The van der Waals surface area contributed by atoms with Crippen LogP contribution in [0.3, 0.4) is 0 Å². The van der Waals surface area contributed by atoms with Crippen LogP contribution in [0.1, 0.15) is 42.1 Å². The minimum Gasteiger partial charge on any atom is -0.492 e. The topological polar surface area (TPSA) is 75.7 Å². The predicted octanol–water partition coefficient (Wildman–Crippen LogP) is 4.53. The monoisotopic (exact) mass is 456 g/mol. The second-order valence-electron chi connectivity index (χ2n) is 7.09. The molecule has 31 heavy (non-hydrogen) atoms. The van der Waals surface area contributed by atoms with E-state index in [1.807, 2.05) is 0 Å². The van der Waals surface area contributed by atoms with Gasteiger partial charge in [-0.1, -0.05) is 12.5 Å². The largest absolute Gasteiger partial charge is 0.492 e. The lowest BCUT2D eigenvalue weighted by atomic mass is 10.1. The number of nitrogens with zero attached hydrogens (tertiary/aromatic N) is 1. The molecule has 10 heteroatoms. The van der Waals surface area contributed by atoms with E-state index < -0.39 is 27.7 Å². The smallest absolute Gasteiger partial charge is 0.416 e. The zero-order chi connectivity index (χ0) is 22.6. The molecule has 1 amide bonds. The molecule has 168 valence electrons. The Morgan fingerprint density at radius 2 is 1.81 bits per heavy atom. The summed E-state index contributed by atoms with van der Waals surface area (Å²) in [6.07, 6.45) is -2.08. The number of sulfonamides is 1. The number of hydrogen-bond acceptors (Lipinski definition) is 4. The summed E-state index contributed by atoms with van der Waals surface area (Å²) in [4.78, 5) is 12.7. The van der Waals surface area contributed by atoms with E-state index >= 15 is 0 Å². The van der Waals surface area contributed by atoms with Crippen LogP contribution in [0.4, 0.5) is 18.9 Å². The van der Waals surface area contributed by atoms with Crippen LogP contribution in [0.2, 0.25) is 0 Å². The number of nitrogens with one attached hydrogen (secondary N) is 1. The van der Waals surface area contributed by atoms with Gasteiger partial charge in [-0.3, -0.25) is 4.79 Å². The van der Waals surface area contributed by atoms with Gasteiger partial charge in [0.1, 0.15) is 5.75 Å². The zero-order valence-corrected chi connectivity index (χ0v) is 17.7. The van der Waals surface area contributed by atoms with Gasteiger partial charge in [-0.2, -0.15) is 17.5 Å². The van der Waals surface area contributed by atoms with Gasteiger partial charge in [0.15, 0.2) is 0 Å². The fourth-order valence-corrected chi connectivity index (χ4v) is 4.90. The van der Waals surface area contributed by atoms with E-state index in [1.165, 1.54) is 28.6 Å². The molecule has 1 saturated heterocycles. The Morgan fingerprint density at radius 3 is 2.45 bits per heavy atom. The van der Waals surface area contributed by atoms with Gasteiger partial charge in [-0.15, -0.1) is 0 Å². The van der Waals surface area contributed by atoms with E-state index in [-0.39, 0.29) is 28.5 Å². The first-order valence-corrected chi connectivity index (χ1v) is 11.3. The van der Waals surface area contributed by atoms with Crippen molar-refractivity contribution in [2.75, 3.05) is 25.0 Å². The molecular formula is C21H23F3N2O4S. The van der Waals surface area contributed by atoms with Crippen LogP contribution in [-0.4, -0.2) is 38.3 Å². The lowest BCUT2D eigenvalue weighted by Gasteiger charge is -2.26. The van der Waals surface area contributed by atoms with Crippen molar-refractivity contribution in [3.63, 3.8) is 0 Å². The van der Waals surface area contributed by atoms with E-state index in [0.29, 0.717) is 13.1 Å². The van der Waals surface area contributed by atoms with E-state index in [0.717, 1.165) is 37.5 Å². The summed E-state index contributed by atoms with van der Waals surface area (Å²) in [6.45, 7) is 2.69. The standard InChI is InChI=1S/C21H23F3N2O4S/c1-2-30-19-10-9-16(21(22,23)24)14-18(19)25-20(27)15-7-6-8-17(13-15)31(28,29)26-11-4-3-5-12-26/h6-10,13-14H,2-5,11-12H2,1H3,(H,25,27). The van der Waals surface area contributed by atoms with Gasteiger partial charge >= 0.3 is 6.18 Å². The number of ether oxygens (including phenoxy) is 1. The van der Waals surface area contributed by atoms with Crippen LogP contribution in [0.25, 0.3) is 0 Å². The number of hydrogen-bond donors (Lipinski definition) is 1. The fourth-order valence-electron chi connectivity index (χ4n) is 3.33. The van der Waals surface area contributed by atoms with Gasteiger partial charge in [0.05, 0.1) is 22.8 Å². The molecule has 1 N–H and O–H groups in total. The first-order valence-electron chi connectivity index (χ1n) is 9.88. The third-order valence-electron chi connectivity index (χ3n) is 4.90. The molecule has 6 nitrogen and oxygen atoms in total. The second kappa shape index (κ2) is 9.27. The highest BCUT2D eigenvalue weighted by molar-refractivity contribution is 7.89. The Bertz CT molecular complexity index is 1050. The Kier molecular flexibility index (Phi) is 6.90. The number of benzene rings is 2. The molecule has 2 aromatic rings. The summed E-state index contributed by atoms with van der Waals surface area (Å²) >= 11 is 0. The maximum Gasteiger partial charge on any atom is 0.416 e. The quantitative estimate of drug-likeness (QED) is 0.693. The highest BCUT2D eigenvalue weighted by Gasteiger charge is 2.31. The van der Waals surface area contributed by atoms with Gasteiger partial charge in [-0.25, -0.2) is 8.42 Å². The Labute approximate surface area is 179 Å². The summed E-state index contributed by atoms with van der Waals surface area (Å²) in [7, 11) is -3.75. The number of piperidine rings is 1. The summed E-state index contributed by atoms with van der Waals surface area (Å²) in [5.74, 6) is -0.656. The van der Waals surface area contributed by atoms with Crippen molar-refractivity contribution >= 4 is 21.6 Å². The highest BCUT2D eigenvalue weighted by Crippen LogP contribution is 2.35. The van der Waals surface area contributed by atoms with Crippen LogP contribution >= 0.6 is 0 Å². The van der Waals surface area contributed by atoms with Crippen LogP contribution < -0.4 is 10.1 Å². The number of carbonyl (C=O) groups excluding carboxylic acids is 1. The first-order chi connectivity index (χ1) is 14.6. The Morgan fingerprint density at radius 1 is 1.10 bits per heavy atom. The summed E-state index contributed by atoms with van der Waals surface area (Å²) in [6, 6.07) is 8.26. The average molecular weight is 456 g/mol. The van der Waals surface area contributed by atoms with Crippen LogP contribution in [0.5, 0.6) is 5.75 Å². The normalized spacial score (nSPS) is 15.5. The lowest BCUT2D eigenvalue weighted by molar-refractivity contribution is -0.137. The number of carbonyl (C=O) groups is 1. The summed E-state index contributed by atoms with van der Waals surface area (Å²) in [5, 5.41) is 2.41. The SMILES string of the molecule is CCOc1ccc(C(F)(F)F)cc1NC(=O)c1cccc(S(=O)(=O)N2CCCCC2)c1. The Balaban J connectivity index is 1.88. The maximum absolute atomic E-state index is 13.1. The van der Waals surface area contributed by atoms with Crippen molar-refractivity contribution < 1.29 is 31.1 Å². The number of anilines is 1. The molecule has 1 aliphatic heterocycles. The molecular weight excluding hydrogens is 433 g/mol. The number of rotatable bonds is 6. The molecule has 1 heterocycles. The van der Waals surface area contributed by atoms with Crippen molar-refractivity contribution in [1.82, 2.24) is 4.31 Å². The van der Waals surface area contributed by atoms with E-state index in [2.05, 4.69) is 5.32 Å². The molecule has 0 unspecified atom stereocenters. The van der Waals surface area contributed by atoms with Gasteiger partial charge in [-0.05, 0) is 56.2 Å². The zero-order valence-electron chi connectivity index (χ0n) is 16.9. The number of alkyl halides is 3. The summed E-state index contributed by atoms with van der Waals surface area (Å²) in [5.41, 5.74) is -1.07. The molecule has 2 aromatic carbocycles. The molecule has 3 rings (SSSR count). The molecule has 0 aromatic heterocycles. The van der Waals surface area contributed by atoms with Crippen LogP contribution in [-0.2, 0) is 16.2 Å². The number of amides is 1. The first kappa shape index (κ1) is 23.1. The van der Waals surface area contributed by atoms with Gasteiger partial charge in [0.2, 0.25) is 10.0 Å². The molecule has 0 saturated carbocycles. The van der Waals surface area contributed by atoms with Crippen molar-refractivity contribution in [2.45, 2.75) is 37.3 Å². The fraction of sp³-hybridized carbons (Fsp3) is 0.381. The average Bonchev–Trinajstić information content (AvgIpc) is 2.75. The van der Waals surface area contributed by atoms with Crippen molar-refractivity contribution in [2.24, 2.45) is 0 Å². The molecule has 0 bridgehead atoms. The molecule has 0 atom stereocenters. The lowest BCUT2D eigenvalue weighted by Crippen LogP contribution is -2.35. The van der Waals surface area contributed by atoms with Crippen molar-refractivity contribution in [1.29, 1.82) is 0 Å². The maximum atomic E-state index is 13.1. The van der Waals surface area contributed by atoms with Crippen LogP contribution in [0.15, 0.2) is 47.4 Å². The molecule has 0 radical (unpaired) electrons. The minimum absolute atomic E-state index is 0.0120. The van der Waals surface area contributed by atoms with Crippen LogP contribution in [0, 0.1) is 0 Å². The van der Waals surface area contributed by atoms with Crippen molar-refractivity contribution in [3.8, 4) is 5.75 Å². The van der Waals surface area contributed by atoms with E-state index in [1.54, 1.807) is 6.92 Å². The van der Waals surface area contributed by atoms with Gasteiger partial charge < -0.3 is 10.1 Å². The van der Waals surface area contributed by atoms with E-state index in [9.17, 15) is 26.4 Å². The number of halogens is 3. The Hall–Kier alpha value is -2.59. The minimum atomic E-state index is -4.59. The molecule has 0 spiro atoms. The van der Waals surface area contributed by atoms with E-state index in [4.69, 9.17) is 4.74 Å². The van der Waals surface area contributed by atoms with Gasteiger partial charge in [0.25, 0.3) is 5.91 Å². The molecule has 1 aliphatic rings. The second-order valence-corrected chi connectivity index (χ2v) is 9.03. The van der Waals surface area contributed by atoms with Crippen molar-refractivity contribution in [3.05, 3.63) is 53.6 Å². The third-order valence-corrected chi connectivity index (χ3v) is 6.80. The van der Waals surface area contributed by atoms with Gasteiger partial charge in [0, 0.05) is 18.7 Å². The summed E-state index contributed by atoms with van der Waals surface area (Å²) < 4.78 is 71.7. The molecule has 0 aliphatic carbocycles. The predicted molar refractivity (Wildman–Crippen MR) is 110 cm³/mol.